The standard InChI is InChI=1S/C20H25FN4O4/c1-5-24-11-15(20(28)29-6-2)17(27)14-9-16(21)19(22-18(14)24)25-8-7-13(10-25)23(4)12(3)26/h9,11,13H,5-8,10H2,1-4H3. The average molecular weight is 404 g/mol. The van der Waals surface area contributed by atoms with Gasteiger partial charge in [-0.05, 0) is 26.3 Å². The Kier molecular flexibility index (Phi) is 5.86. The molecular weight excluding hydrogens is 379 g/mol. The lowest BCUT2D eigenvalue weighted by Crippen LogP contribution is -2.37. The van der Waals surface area contributed by atoms with Crippen molar-refractivity contribution >= 4 is 28.7 Å². The minimum Gasteiger partial charge on any atom is -0.462 e. The van der Waals surface area contributed by atoms with Crippen LogP contribution in [0.1, 0.15) is 37.6 Å². The maximum atomic E-state index is 14.9. The van der Waals surface area contributed by atoms with Crippen molar-refractivity contribution in [1.29, 1.82) is 0 Å². The number of carbonyl (C=O) groups excluding carboxylic acids is 2. The van der Waals surface area contributed by atoms with E-state index in [9.17, 15) is 18.8 Å². The van der Waals surface area contributed by atoms with Crippen LogP contribution in [0, 0.1) is 5.82 Å². The van der Waals surface area contributed by atoms with Gasteiger partial charge < -0.3 is 19.1 Å². The molecule has 0 radical (unpaired) electrons. The summed E-state index contributed by atoms with van der Waals surface area (Å²) in [5, 5.41) is 0.0373. The molecule has 0 aromatic carbocycles. The summed E-state index contributed by atoms with van der Waals surface area (Å²) in [6.45, 7) is 6.58. The molecule has 1 unspecified atom stereocenters. The first kappa shape index (κ1) is 20.8. The van der Waals surface area contributed by atoms with Gasteiger partial charge in [-0.3, -0.25) is 9.59 Å². The van der Waals surface area contributed by atoms with E-state index in [-0.39, 0.29) is 35.3 Å². The molecule has 9 heteroatoms. The van der Waals surface area contributed by atoms with Crippen molar-refractivity contribution in [2.75, 3.05) is 31.6 Å². The molecule has 2 aromatic heterocycles. The Morgan fingerprint density at radius 1 is 1.38 bits per heavy atom. The number of aromatic nitrogens is 2. The normalized spacial score (nSPS) is 16.3. The SMILES string of the molecule is CCOC(=O)c1cn(CC)c2nc(N3CCC(N(C)C(C)=O)C3)c(F)cc2c1=O. The number of nitrogens with zero attached hydrogens (tertiary/aromatic N) is 4. The highest BCUT2D eigenvalue weighted by atomic mass is 19.1. The van der Waals surface area contributed by atoms with Crippen LogP contribution < -0.4 is 10.3 Å². The van der Waals surface area contributed by atoms with Crippen molar-refractivity contribution in [1.82, 2.24) is 14.5 Å². The molecule has 3 rings (SSSR count). The zero-order chi connectivity index (χ0) is 21.3. The minimum absolute atomic E-state index is 0.0241. The molecule has 0 N–H and O–H groups in total. The number of amides is 1. The fraction of sp³-hybridized carbons (Fsp3) is 0.500. The van der Waals surface area contributed by atoms with Gasteiger partial charge in [0.25, 0.3) is 0 Å². The number of aryl methyl sites for hydroxylation is 1. The van der Waals surface area contributed by atoms with Gasteiger partial charge in [-0.25, -0.2) is 14.2 Å². The summed E-state index contributed by atoms with van der Waals surface area (Å²) in [5.74, 6) is -1.28. The highest BCUT2D eigenvalue weighted by Crippen LogP contribution is 2.26. The average Bonchev–Trinajstić information content (AvgIpc) is 3.17. The second kappa shape index (κ2) is 8.18. The van der Waals surface area contributed by atoms with Gasteiger partial charge in [-0.1, -0.05) is 0 Å². The van der Waals surface area contributed by atoms with Crippen molar-refractivity contribution < 1.29 is 18.7 Å². The molecule has 2 aromatic rings. The third-order valence-electron chi connectivity index (χ3n) is 5.33. The Balaban J connectivity index is 2.05. The van der Waals surface area contributed by atoms with E-state index in [4.69, 9.17) is 4.74 Å². The molecule has 3 heterocycles. The first-order valence-electron chi connectivity index (χ1n) is 9.67. The summed E-state index contributed by atoms with van der Waals surface area (Å²) in [6.07, 6.45) is 2.12. The predicted molar refractivity (Wildman–Crippen MR) is 107 cm³/mol. The third kappa shape index (κ3) is 3.81. The van der Waals surface area contributed by atoms with Gasteiger partial charge in [-0.2, -0.15) is 0 Å². The molecule has 1 aliphatic heterocycles. The molecular formula is C20H25FN4O4. The van der Waals surface area contributed by atoms with Crippen LogP contribution in [0.3, 0.4) is 0 Å². The minimum atomic E-state index is -0.735. The van der Waals surface area contributed by atoms with Gasteiger partial charge in [0.15, 0.2) is 11.6 Å². The van der Waals surface area contributed by atoms with E-state index < -0.39 is 17.2 Å². The first-order chi connectivity index (χ1) is 13.8. The zero-order valence-electron chi connectivity index (χ0n) is 17.1. The molecule has 1 amide bonds. The molecule has 156 valence electrons. The highest BCUT2D eigenvalue weighted by molar-refractivity contribution is 5.93. The van der Waals surface area contributed by atoms with Gasteiger partial charge in [0.1, 0.15) is 11.2 Å². The maximum absolute atomic E-state index is 14.9. The Labute approximate surface area is 167 Å². The predicted octanol–water partition coefficient (Wildman–Crippen LogP) is 1.79. The number of hydrogen-bond acceptors (Lipinski definition) is 6. The van der Waals surface area contributed by atoms with Crippen molar-refractivity contribution in [2.24, 2.45) is 0 Å². The van der Waals surface area contributed by atoms with Crippen LogP contribution in [-0.4, -0.2) is 59.1 Å². The molecule has 1 saturated heterocycles. The van der Waals surface area contributed by atoms with Crippen LogP contribution in [0.5, 0.6) is 0 Å². The molecule has 0 spiro atoms. The number of rotatable bonds is 5. The summed E-state index contributed by atoms with van der Waals surface area (Å²) in [4.78, 5) is 44.3. The van der Waals surface area contributed by atoms with E-state index in [0.717, 1.165) is 6.07 Å². The molecule has 0 saturated carbocycles. The maximum Gasteiger partial charge on any atom is 0.343 e. The van der Waals surface area contributed by atoms with Crippen LogP contribution in [0.25, 0.3) is 11.0 Å². The summed E-state index contributed by atoms with van der Waals surface area (Å²) >= 11 is 0. The highest BCUT2D eigenvalue weighted by Gasteiger charge is 2.30. The smallest absolute Gasteiger partial charge is 0.343 e. The van der Waals surface area contributed by atoms with Crippen LogP contribution in [-0.2, 0) is 16.1 Å². The topological polar surface area (TPSA) is 84.7 Å². The van der Waals surface area contributed by atoms with Crippen molar-refractivity contribution in [3.05, 3.63) is 33.9 Å². The lowest BCUT2D eigenvalue weighted by molar-refractivity contribution is -0.129. The Morgan fingerprint density at radius 2 is 2.10 bits per heavy atom. The molecule has 1 aliphatic rings. The zero-order valence-corrected chi connectivity index (χ0v) is 17.1. The third-order valence-corrected chi connectivity index (χ3v) is 5.33. The lowest BCUT2D eigenvalue weighted by atomic mass is 10.2. The van der Waals surface area contributed by atoms with E-state index in [2.05, 4.69) is 4.98 Å². The number of carbonyl (C=O) groups is 2. The number of hydrogen-bond donors (Lipinski definition) is 0. The fourth-order valence-electron chi connectivity index (χ4n) is 3.60. The summed E-state index contributed by atoms with van der Waals surface area (Å²) in [7, 11) is 1.73. The summed E-state index contributed by atoms with van der Waals surface area (Å²) in [6, 6.07) is 1.11. The molecule has 8 nitrogen and oxygen atoms in total. The lowest BCUT2D eigenvalue weighted by Gasteiger charge is -2.24. The molecule has 1 fully saturated rings. The van der Waals surface area contributed by atoms with Crippen LogP contribution >= 0.6 is 0 Å². The molecule has 1 atom stereocenters. The van der Waals surface area contributed by atoms with Crippen molar-refractivity contribution in [2.45, 2.75) is 39.8 Å². The first-order valence-corrected chi connectivity index (χ1v) is 9.67. The summed E-state index contributed by atoms with van der Waals surface area (Å²) < 4.78 is 21.5. The second-order valence-corrected chi connectivity index (χ2v) is 7.06. The number of ether oxygens (including phenoxy) is 1. The van der Waals surface area contributed by atoms with Crippen LogP contribution in [0.15, 0.2) is 17.1 Å². The number of halogens is 1. The van der Waals surface area contributed by atoms with E-state index in [0.29, 0.717) is 31.7 Å². The fourth-order valence-corrected chi connectivity index (χ4v) is 3.60. The molecule has 29 heavy (non-hydrogen) atoms. The van der Waals surface area contributed by atoms with E-state index >= 15 is 0 Å². The van der Waals surface area contributed by atoms with Gasteiger partial charge in [0, 0.05) is 39.8 Å². The molecule has 0 bridgehead atoms. The number of anilines is 1. The van der Waals surface area contributed by atoms with Gasteiger partial charge in [0.05, 0.1) is 18.0 Å². The Hall–Kier alpha value is -2.97. The van der Waals surface area contributed by atoms with E-state index in [1.165, 1.54) is 13.1 Å². The monoisotopic (exact) mass is 404 g/mol. The Morgan fingerprint density at radius 3 is 2.72 bits per heavy atom. The number of esters is 1. The van der Waals surface area contributed by atoms with Crippen LogP contribution in [0.4, 0.5) is 10.2 Å². The Bertz CT molecular complexity index is 1020. The van der Waals surface area contributed by atoms with Crippen molar-refractivity contribution in [3.63, 3.8) is 0 Å². The van der Waals surface area contributed by atoms with Gasteiger partial charge in [-0.15, -0.1) is 0 Å². The van der Waals surface area contributed by atoms with Crippen LogP contribution in [0.2, 0.25) is 0 Å². The number of fused-ring (bicyclic) bond motifs is 1. The summed E-state index contributed by atoms with van der Waals surface area (Å²) in [5.41, 5.74) is -0.429. The van der Waals surface area contributed by atoms with Gasteiger partial charge in [0.2, 0.25) is 11.3 Å². The van der Waals surface area contributed by atoms with Crippen molar-refractivity contribution in [3.8, 4) is 0 Å². The number of likely N-dealkylation sites (N-methyl/N-ethyl adjacent to an activating group) is 1. The quantitative estimate of drug-likeness (QED) is 0.707. The largest absolute Gasteiger partial charge is 0.462 e. The molecule has 0 aliphatic carbocycles. The number of pyridine rings is 2. The second-order valence-electron chi connectivity index (χ2n) is 7.06. The van der Waals surface area contributed by atoms with Gasteiger partial charge >= 0.3 is 5.97 Å². The van der Waals surface area contributed by atoms with E-state index in [1.54, 1.807) is 28.3 Å². The van der Waals surface area contributed by atoms with E-state index in [1.807, 2.05) is 6.92 Å².